The Kier molecular flexibility index (Phi) is 5.53. The number of nitrogens with one attached hydrogen (secondary N) is 2. The van der Waals surface area contributed by atoms with Gasteiger partial charge in [0.05, 0.1) is 23.2 Å². The van der Waals surface area contributed by atoms with Crippen molar-refractivity contribution in [2.24, 2.45) is 0 Å². The van der Waals surface area contributed by atoms with Crippen LogP contribution in [0.5, 0.6) is 0 Å². The van der Waals surface area contributed by atoms with Gasteiger partial charge in [0.2, 0.25) is 5.91 Å². The first kappa shape index (κ1) is 22.0. The predicted molar refractivity (Wildman–Crippen MR) is 117 cm³/mol. The second kappa shape index (κ2) is 8.05. The van der Waals surface area contributed by atoms with Gasteiger partial charge in [0.25, 0.3) is 5.91 Å². The first-order valence-corrected chi connectivity index (χ1v) is 12.2. The lowest BCUT2D eigenvalue weighted by Gasteiger charge is -2.25. The second-order valence-corrected chi connectivity index (χ2v) is 10.4. The van der Waals surface area contributed by atoms with Gasteiger partial charge in [-0.2, -0.15) is 5.10 Å². The molecule has 4 rings (SSSR count). The van der Waals surface area contributed by atoms with E-state index in [1.54, 1.807) is 44.2 Å². The number of aromatic nitrogens is 2. The normalized spacial score (nSPS) is 24.6. The van der Waals surface area contributed by atoms with Crippen LogP contribution in [-0.2, 0) is 25.0 Å². The van der Waals surface area contributed by atoms with Gasteiger partial charge in [-0.3, -0.25) is 14.5 Å². The summed E-state index contributed by atoms with van der Waals surface area (Å²) in [6.07, 6.45) is 0.747. The van der Waals surface area contributed by atoms with Crippen LogP contribution in [0.1, 0.15) is 37.1 Å². The van der Waals surface area contributed by atoms with Gasteiger partial charge in [-0.25, -0.2) is 17.9 Å². The van der Waals surface area contributed by atoms with Crippen molar-refractivity contribution >= 4 is 33.5 Å². The standard InChI is InChI=1S/C21H25N5O5S/c1-3-21(15-7-5-4-6-8-15)19(28)25(20(29)23-21)12-18(27)22-17-11-14(2)24-26(17)16-9-10-32(30,31)13-16/h4-8,11,16H,3,9-10,12-13H2,1-2H3,(H,22,27)(H,23,29). The number of benzene rings is 1. The molecule has 1 aromatic carbocycles. The predicted octanol–water partition coefficient (Wildman–Crippen LogP) is 1.35. The number of sulfone groups is 1. The van der Waals surface area contributed by atoms with Gasteiger partial charge in [0.1, 0.15) is 17.9 Å². The molecule has 2 fully saturated rings. The summed E-state index contributed by atoms with van der Waals surface area (Å²) in [6, 6.07) is 9.55. The minimum absolute atomic E-state index is 0.0416. The quantitative estimate of drug-likeness (QED) is 0.627. The number of carbonyl (C=O) groups excluding carboxylic acids is 3. The van der Waals surface area contributed by atoms with Crippen molar-refractivity contribution < 1.29 is 22.8 Å². The van der Waals surface area contributed by atoms with Crippen LogP contribution in [0.2, 0.25) is 0 Å². The van der Waals surface area contributed by atoms with E-state index in [4.69, 9.17) is 0 Å². The number of carbonyl (C=O) groups is 3. The van der Waals surface area contributed by atoms with Crippen LogP contribution in [-0.4, -0.2) is 59.0 Å². The highest BCUT2D eigenvalue weighted by Crippen LogP contribution is 2.32. The molecule has 0 aliphatic carbocycles. The Balaban J connectivity index is 1.51. The first-order chi connectivity index (χ1) is 15.1. The lowest BCUT2D eigenvalue weighted by molar-refractivity contribution is -0.134. The van der Waals surface area contributed by atoms with E-state index in [0.29, 0.717) is 29.9 Å². The average Bonchev–Trinajstić information content (AvgIpc) is 3.37. The van der Waals surface area contributed by atoms with Gasteiger partial charge in [-0.05, 0) is 25.3 Å². The zero-order valence-corrected chi connectivity index (χ0v) is 18.7. The Morgan fingerprint density at radius 1 is 1.28 bits per heavy atom. The second-order valence-electron chi connectivity index (χ2n) is 8.17. The number of amides is 4. The molecule has 2 aromatic rings. The van der Waals surface area contributed by atoms with E-state index in [1.165, 1.54) is 4.68 Å². The fraction of sp³-hybridized carbons (Fsp3) is 0.429. The van der Waals surface area contributed by atoms with Gasteiger partial charge >= 0.3 is 6.03 Å². The van der Waals surface area contributed by atoms with Gasteiger partial charge in [-0.15, -0.1) is 0 Å². The SMILES string of the molecule is CCC1(c2ccccc2)NC(=O)N(CC(=O)Nc2cc(C)nn2C2CCS(=O)(=O)C2)C1=O. The number of urea groups is 1. The van der Waals surface area contributed by atoms with E-state index in [-0.39, 0.29) is 17.5 Å². The summed E-state index contributed by atoms with van der Waals surface area (Å²) >= 11 is 0. The summed E-state index contributed by atoms with van der Waals surface area (Å²) in [5, 5.41) is 9.75. The molecule has 0 saturated carbocycles. The molecule has 2 aliphatic rings. The molecule has 2 saturated heterocycles. The van der Waals surface area contributed by atoms with Crippen LogP contribution in [0.3, 0.4) is 0 Å². The van der Waals surface area contributed by atoms with Crippen molar-refractivity contribution in [3.8, 4) is 0 Å². The van der Waals surface area contributed by atoms with E-state index in [2.05, 4.69) is 15.7 Å². The van der Waals surface area contributed by atoms with Crippen molar-refractivity contribution in [1.82, 2.24) is 20.0 Å². The van der Waals surface area contributed by atoms with Crippen LogP contribution in [0, 0.1) is 6.92 Å². The minimum atomic E-state index is -3.13. The third kappa shape index (κ3) is 3.88. The Hall–Kier alpha value is -3.21. The highest BCUT2D eigenvalue weighted by Gasteiger charge is 2.51. The lowest BCUT2D eigenvalue weighted by atomic mass is 9.87. The highest BCUT2D eigenvalue weighted by molar-refractivity contribution is 7.91. The number of rotatable bonds is 6. The summed E-state index contributed by atoms with van der Waals surface area (Å²) in [4.78, 5) is 39.4. The molecule has 32 heavy (non-hydrogen) atoms. The smallest absolute Gasteiger partial charge is 0.319 e. The van der Waals surface area contributed by atoms with E-state index < -0.39 is 39.8 Å². The summed E-state index contributed by atoms with van der Waals surface area (Å²) in [7, 11) is -3.13. The zero-order chi connectivity index (χ0) is 23.1. The molecule has 0 bridgehead atoms. The molecule has 2 N–H and O–H groups in total. The Labute approximate surface area is 185 Å². The van der Waals surface area contributed by atoms with Crippen molar-refractivity contribution in [1.29, 1.82) is 0 Å². The molecular weight excluding hydrogens is 434 g/mol. The highest BCUT2D eigenvalue weighted by atomic mass is 32.2. The Morgan fingerprint density at radius 3 is 2.62 bits per heavy atom. The third-order valence-corrected chi connectivity index (χ3v) is 7.70. The Morgan fingerprint density at radius 2 is 2.00 bits per heavy atom. The Bertz CT molecular complexity index is 1180. The summed E-state index contributed by atoms with van der Waals surface area (Å²) in [5.74, 6) is -0.690. The minimum Gasteiger partial charge on any atom is -0.319 e. The van der Waals surface area contributed by atoms with Crippen molar-refractivity contribution in [3.63, 3.8) is 0 Å². The molecule has 4 amide bonds. The molecule has 1 aromatic heterocycles. The fourth-order valence-electron chi connectivity index (χ4n) is 4.31. The van der Waals surface area contributed by atoms with E-state index in [1.807, 2.05) is 6.07 Å². The summed E-state index contributed by atoms with van der Waals surface area (Å²) in [6.45, 7) is 3.07. The van der Waals surface area contributed by atoms with Crippen LogP contribution < -0.4 is 10.6 Å². The number of anilines is 1. The third-order valence-electron chi connectivity index (χ3n) is 5.95. The molecule has 2 atom stereocenters. The molecule has 170 valence electrons. The molecule has 2 aliphatic heterocycles. The number of nitrogens with zero attached hydrogens (tertiary/aromatic N) is 3. The fourth-order valence-corrected chi connectivity index (χ4v) is 6.01. The van der Waals surface area contributed by atoms with E-state index >= 15 is 0 Å². The van der Waals surface area contributed by atoms with Gasteiger partial charge in [0.15, 0.2) is 9.84 Å². The van der Waals surface area contributed by atoms with Crippen molar-refractivity contribution in [3.05, 3.63) is 47.7 Å². The summed E-state index contributed by atoms with van der Waals surface area (Å²) in [5.41, 5.74) is 0.0587. The topological polar surface area (TPSA) is 130 Å². The average molecular weight is 460 g/mol. The maximum atomic E-state index is 13.2. The largest absolute Gasteiger partial charge is 0.325 e. The van der Waals surface area contributed by atoms with Crippen LogP contribution >= 0.6 is 0 Å². The molecule has 11 heteroatoms. The maximum Gasteiger partial charge on any atom is 0.325 e. The van der Waals surface area contributed by atoms with Gasteiger partial charge < -0.3 is 10.6 Å². The number of hydrogen-bond donors (Lipinski definition) is 2. The number of aryl methyl sites for hydroxylation is 1. The number of hydrogen-bond acceptors (Lipinski definition) is 6. The molecule has 3 heterocycles. The monoisotopic (exact) mass is 459 g/mol. The van der Waals surface area contributed by atoms with Crippen molar-refractivity contribution in [2.45, 2.75) is 38.3 Å². The zero-order valence-electron chi connectivity index (χ0n) is 17.9. The number of imide groups is 1. The molecule has 10 nitrogen and oxygen atoms in total. The van der Waals surface area contributed by atoms with Gasteiger partial charge in [0, 0.05) is 6.07 Å². The lowest BCUT2D eigenvalue weighted by Crippen LogP contribution is -2.44. The van der Waals surface area contributed by atoms with Crippen molar-refractivity contribution in [2.75, 3.05) is 23.4 Å². The molecule has 0 radical (unpaired) electrons. The maximum absolute atomic E-state index is 13.2. The van der Waals surface area contributed by atoms with Crippen LogP contribution in [0.15, 0.2) is 36.4 Å². The molecule has 2 unspecified atom stereocenters. The van der Waals surface area contributed by atoms with Crippen LogP contribution in [0.4, 0.5) is 10.6 Å². The molecule has 0 spiro atoms. The van der Waals surface area contributed by atoms with E-state index in [0.717, 1.165) is 4.90 Å². The molecular formula is C21H25N5O5S. The summed E-state index contributed by atoms with van der Waals surface area (Å²) < 4.78 is 25.2. The van der Waals surface area contributed by atoms with Gasteiger partial charge in [-0.1, -0.05) is 37.3 Å². The first-order valence-electron chi connectivity index (χ1n) is 10.4. The van der Waals surface area contributed by atoms with Crippen LogP contribution in [0.25, 0.3) is 0 Å². The van der Waals surface area contributed by atoms with E-state index in [9.17, 15) is 22.8 Å².